The Balaban J connectivity index is 1.93. The Morgan fingerprint density at radius 1 is 1.13 bits per heavy atom. The van der Waals surface area contributed by atoms with Crippen molar-refractivity contribution in [2.24, 2.45) is 0 Å². The van der Waals surface area contributed by atoms with Gasteiger partial charge < -0.3 is 9.47 Å². The van der Waals surface area contributed by atoms with E-state index < -0.39 is 0 Å². The van der Waals surface area contributed by atoms with Gasteiger partial charge in [-0.15, -0.1) is 0 Å². The van der Waals surface area contributed by atoms with Crippen molar-refractivity contribution in [3.8, 4) is 5.75 Å². The summed E-state index contributed by atoms with van der Waals surface area (Å²) in [7, 11) is 0. The number of ether oxygens (including phenoxy) is 2. The van der Waals surface area contributed by atoms with Crippen LogP contribution in [-0.4, -0.2) is 19.3 Å². The fourth-order valence-electron chi connectivity index (χ4n) is 1.67. The van der Waals surface area contributed by atoms with Gasteiger partial charge in [0.15, 0.2) is 0 Å². The molecule has 1 heterocycles. The molecule has 0 amide bonds. The summed E-state index contributed by atoms with van der Waals surface area (Å²) in [6.07, 6.45) is 0.309. The zero-order chi connectivity index (χ0) is 10.1. The van der Waals surface area contributed by atoms with Crippen molar-refractivity contribution in [3.63, 3.8) is 0 Å². The lowest BCUT2D eigenvalue weighted by atomic mass is 10.1. The van der Waals surface area contributed by atoms with Gasteiger partial charge in [-0.05, 0) is 11.5 Å². The second kappa shape index (κ2) is 3.55. The van der Waals surface area contributed by atoms with Crippen LogP contribution in [-0.2, 0) is 4.74 Å². The highest BCUT2D eigenvalue weighted by molar-refractivity contribution is 5.88. The molecule has 0 aliphatic carbocycles. The molecule has 0 N–H and O–H groups in total. The summed E-state index contributed by atoms with van der Waals surface area (Å²) in [6, 6.07) is 14.4. The van der Waals surface area contributed by atoms with Gasteiger partial charge in [0.05, 0.1) is 6.61 Å². The van der Waals surface area contributed by atoms with E-state index in [0.29, 0.717) is 12.7 Å². The molecule has 3 rings (SSSR count). The van der Waals surface area contributed by atoms with Gasteiger partial charge in [0.1, 0.15) is 18.5 Å². The third-order valence-corrected chi connectivity index (χ3v) is 2.58. The minimum atomic E-state index is 0.309. The molecule has 1 atom stereocenters. The molecular weight excluding hydrogens is 188 g/mol. The van der Waals surface area contributed by atoms with Crippen LogP contribution in [0, 0.1) is 0 Å². The maximum absolute atomic E-state index is 5.72. The molecule has 2 heteroatoms. The third kappa shape index (κ3) is 1.81. The number of hydrogen-bond donors (Lipinski definition) is 0. The largest absolute Gasteiger partial charge is 0.490 e. The standard InChI is InChI=1S/C13H12O2/c1-2-6-12-10(4-1)5-3-7-13(12)15-9-11-8-14-11/h1-7,11H,8-9H2/t11-/m1/s1. The topological polar surface area (TPSA) is 21.8 Å². The van der Waals surface area contributed by atoms with Gasteiger partial charge in [-0.25, -0.2) is 0 Å². The molecule has 0 bridgehead atoms. The maximum Gasteiger partial charge on any atom is 0.127 e. The van der Waals surface area contributed by atoms with Gasteiger partial charge in [0.25, 0.3) is 0 Å². The van der Waals surface area contributed by atoms with Gasteiger partial charge in [-0.2, -0.15) is 0 Å². The molecule has 76 valence electrons. The number of benzene rings is 2. The minimum Gasteiger partial charge on any atom is -0.490 e. The van der Waals surface area contributed by atoms with Crippen molar-refractivity contribution >= 4 is 10.8 Å². The molecule has 0 unspecified atom stereocenters. The highest BCUT2D eigenvalue weighted by atomic mass is 16.6. The number of epoxide rings is 1. The van der Waals surface area contributed by atoms with Crippen LogP contribution in [0.2, 0.25) is 0 Å². The average Bonchev–Trinajstić information content (AvgIpc) is 3.10. The molecule has 15 heavy (non-hydrogen) atoms. The highest BCUT2D eigenvalue weighted by Crippen LogP contribution is 2.25. The zero-order valence-electron chi connectivity index (χ0n) is 8.35. The first kappa shape index (κ1) is 8.74. The van der Waals surface area contributed by atoms with Gasteiger partial charge in [-0.1, -0.05) is 36.4 Å². The van der Waals surface area contributed by atoms with Crippen molar-refractivity contribution < 1.29 is 9.47 Å². The van der Waals surface area contributed by atoms with E-state index in [-0.39, 0.29) is 0 Å². The first-order valence-electron chi connectivity index (χ1n) is 5.16. The van der Waals surface area contributed by atoms with Crippen molar-refractivity contribution in [3.05, 3.63) is 42.5 Å². The molecule has 2 aromatic rings. The molecule has 0 spiro atoms. The fraction of sp³-hybridized carbons (Fsp3) is 0.231. The first-order chi connectivity index (χ1) is 7.43. The van der Waals surface area contributed by atoms with E-state index in [9.17, 15) is 0 Å². The fourth-order valence-corrected chi connectivity index (χ4v) is 1.67. The van der Waals surface area contributed by atoms with Crippen LogP contribution in [0.4, 0.5) is 0 Å². The van der Waals surface area contributed by atoms with Crippen molar-refractivity contribution in [2.75, 3.05) is 13.2 Å². The number of rotatable bonds is 3. The lowest BCUT2D eigenvalue weighted by molar-refractivity contribution is 0.265. The molecule has 1 aliphatic heterocycles. The van der Waals surface area contributed by atoms with Gasteiger partial charge in [0, 0.05) is 5.39 Å². The monoisotopic (exact) mass is 200 g/mol. The molecule has 0 saturated carbocycles. The Hall–Kier alpha value is -1.54. The molecule has 1 aliphatic rings. The van der Waals surface area contributed by atoms with Crippen LogP contribution < -0.4 is 4.74 Å². The van der Waals surface area contributed by atoms with Crippen LogP contribution in [0.15, 0.2) is 42.5 Å². The maximum atomic E-state index is 5.72. The van der Waals surface area contributed by atoms with E-state index in [1.165, 1.54) is 10.8 Å². The van der Waals surface area contributed by atoms with E-state index in [1.807, 2.05) is 24.3 Å². The average molecular weight is 200 g/mol. The smallest absolute Gasteiger partial charge is 0.127 e. The lowest BCUT2D eigenvalue weighted by Gasteiger charge is -2.07. The van der Waals surface area contributed by atoms with E-state index in [1.54, 1.807) is 0 Å². The van der Waals surface area contributed by atoms with Crippen LogP contribution in [0.25, 0.3) is 10.8 Å². The van der Waals surface area contributed by atoms with Gasteiger partial charge in [-0.3, -0.25) is 0 Å². The summed E-state index contributed by atoms with van der Waals surface area (Å²) in [5, 5.41) is 2.38. The van der Waals surface area contributed by atoms with Crippen molar-refractivity contribution in [2.45, 2.75) is 6.10 Å². The summed E-state index contributed by atoms with van der Waals surface area (Å²) in [5.41, 5.74) is 0. The Kier molecular flexibility index (Phi) is 2.07. The van der Waals surface area contributed by atoms with Crippen molar-refractivity contribution in [1.29, 1.82) is 0 Å². The van der Waals surface area contributed by atoms with Gasteiger partial charge in [0.2, 0.25) is 0 Å². The predicted molar refractivity (Wildman–Crippen MR) is 59.2 cm³/mol. The van der Waals surface area contributed by atoms with E-state index in [4.69, 9.17) is 9.47 Å². The van der Waals surface area contributed by atoms with Crippen molar-refractivity contribution in [1.82, 2.24) is 0 Å². The summed E-state index contributed by atoms with van der Waals surface area (Å²) in [5.74, 6) is 0.948. The van der Waals surface area contributed by atoms with Crippen LogP contribution in [0.3, 0.4) is 0 Å². The minimum absolute atomic E-state index is 0.309. The second-order valence-corrected chi connectivity index (χ2v) is 3.74. The Morgan fingerprint density at radius 3 is 2.80 bits per heavy atom. The normalized spacial score (nSPS) is 19.1. The number of hydrogen-bond acceptors (Lipinski definition) is 2. The zero-order valence-corrected chi connectivity index (χ0v) is 8.35. The molecule has 0 aromatic heterocycles. The van der Waals surface area contributed by atoms with Crippen LogP contribution >= 0.6 is 0 Å². The van der Waals surface area contributed by atoms with E-state index >= 15 is 0 Å². The molecule has 1 saturated heterocycles. The van der Waals surface area contributed by atoms with E-state index in [2.05, 4.69) is 18.2 Å². The summed E-state index contributed by atoms with van der Waals surface area (Å²) < 4.78 is 10.8. The number of fused-ring (bicyclic) bond motifs is 1. The Labute approximate surface area is 88.4 Å². The predicted octanol–water partition coefficient (Wildman–Crippen LogP) is 2.62. The van der Waals surface area contributed by atoms with Crippen LogP contribution in [0.5, 0.6) is 5.75 Å². The lowest BCUT2D eigenvalue weighted by Crippen LogP contribution is -2.04. The van der Waals surface area contributed by atoms with Gasteiger partial charge >= 0.3 is 0 Å². The molecule has 1 fully saturated rings. The molecule has 2 aromatic carbocycles. The summed E-state index contributed by atoms with van der Waals surface area (Å²) in [6.45, 7) is 1.50. The molecule has 2 nitrogen and oxygen atoms in total. The molecular formula is C13H12O2. The molecule has 0 radical (unpaired) electrons. The Bertz CT molecular complexity index is 469. The summed E-state index contributed by atoms with van der Waals surface area (Å²) >= 11 is 0. The summed E-state index contributed by atoms with van der Waals surface area (Å²) in [4.78, 5) is 0. The Morgan fingerprint density at radius 2 is 1.93 bits per heavy atom. The SMILES string of the molecule is c1ccc2c(OC[C@H]3CO3)cccc2c1. The first-order valence-corrected chi connectivity index (χ1v) is 5.16. The van der Waals surface area contributed by atoms with Crippen LogP contribution in [0.1, 0.15) is 0 Å². The third-order valence-electron chi connectivity index (χ3n) is 2.58. The van der Waals surface area contributed by atoms with E-state index in [0.717, 1.165) is 12.4 Å². The quantitative estimate of drug-likeness (QED) is 0.710. The second-order valence-electron chi connectivity index (χ2n) is 3.74. The highest BCUT2D eigenvalue weighted by Gasteiger charge is 2.23.